The molecule has 1 aromatic carbocycles. The van der Waals surface area contributed by atoms with Crippen LogP contribution in [0.1, 0.15) is 18.1 Å². The number of aryl methyl sites for hydroxylation is 1. The quantitative estimate of drug-likeness (QED) is 0.762. The Hall–Kier alpha value is -1.28. The van der Waals surface area contributed by atoms with Crippen LogP contribution in [-0.2, 0) is 4.79 Å². The number of rotatable bonds is 2. The largest absolute Gasteiger partial charge is 0.478 e. The van der Waals surface area contributed by atoms with Crippen molar-refractivity contribution in [3.8, 4) is 0 Å². The number of allylic oxidation sites excluding steroid dienone is 1. The van der Waals surface area contributed by atoms with Gasteiger partial charge < -0.3 is 5.11 Å². The highest BCUT2D eigenvalue weighted by molar-refractivity contribution is 6.31. The molecule has 0 saturated heterocycles. The van der Waals surface area contributed by atoms with Gasteiger partial charge in [0.1, 0.15) is 0 Å². The molecule has 0 aromatic heterocycles. The summed E-state index contributed by atoms with van der Waals surface area (Å²) < 4.78 is 0. The van der Waals surface area contributed by atoms with Crippen molar-refractivity contribution in [3.63, 3.8) is 0 Å². The Balaban J connectivity index is 3.09. The van der Waals surface area contributed by atoms with E-state index >= 15 is 0 Å². The fourth-order valence-electron chi connectivity index (χ4n) is 1.11. The van der Waals surface area contributed by atoms with Crippen LogP contribution in [0.3, 0.4) is 0 Å². The first kappa shape index (κ1) is 10.8. The molecular formula is C11H11ClO2. The van der Waals surface area contributed by atoms with Gasteiger partial charge in [-0.3, -0.25) is 0 Å². The van der Waals surface area contributed by atoms with E-state index in [1.165, 1.54) is 6.08 Å². The average molecular weight is 211 g/mol. The van der Waals surface area contributed by atoms with Crippen molar-refractivity contribution >= 4 is 23.1 Å². The van der Waals surface area contributed by atoms with E-state index in [9.17, 15) is 4.79 Å². The zero-order valence-electron chi connectivity index (χ0n) is 8.04. The smallest absolute Gasteiger partial charge is 0.328 e. The van der Waals surface area contributed by atoms with Crippen molar-refractivity contribution in [2.24, 2.45) is 0 Å². The van der Waals surface area contributed by atoms with E-state index in [2.05, 4.69) is 0 Å². The van der Waals surface area contributed by atoms with Gasteiger partial charge in [-0.1, -0.05) is 23.7 Å². The van der Waals surface area contributed by atoms with Crippen molar-refractivity contribution in [1.29, 1.82) is 0 Å². The van der Waals surface area contributed by atoms with Gasteiger partial charge in [-0.15, -0.1) is 0 Å². The van der Waals surface area contributed by atoms with Crippen LogP contribution in [0.4, 0.5) is 0 Å². The fourth-order valence-corrected chi connectivity index (χ4v) is 1.29. The summed E-state index contributed by atoms with van der Waals surface area (Å²) in [5, 5.41) is 9.21. The van der Waals surface area contributed by atoms with Crippen LogP contribution in [0.2, 0.25) is 5.02 Å². The summed E-state index contributed by atoms with van der Waals surface area (Å²) in [5.41, 5.74) is 2.51. The SMILES string of the molecule is C/C(=C/C(=O)O)c1ccc(C)c(Cl)c1. The van der Waals surface area contributed by atoms with Crippen LogP contribution in [0.25, 0.3) is 5.57 Å². The van der Waals surface area contributed by atoms with Crippen LogP contribution >= 0.6 is 11.6 Å². The Morgan fingerprint density at radius 2 is 2.14 bits per heavy atom. The predicted octanol–water partition coefficient (Wildman–Crippen LogP) is 3.14. The average Bonchev–Trinajstić information content (AvgIpc) is 2.08. The minimum atomic E-state index is -0.945. The number of carboxylic acids is 1. The second kappa shape index (κ2) is 4.29. The van der Waals surface area contributed by atoms with Crippen molar-refractivity contribution in [1.82, 2.24) is 0 Å². The number of hydrogen-bond acceptors (Lipinski definition) is 1. The fraction of sp³-hybridized carbons (Fsp3) is 0.182. The molecule has 0 spiro atoms. The highest BCUT2D eigenvalue weighted by Crippen LogP contribution is 2.21. The molecule has 0 unspecified atom stereocenters. The number of halogens is 1. The first-order chi connectivity index (χ1) is 6.50. The monoisotopic (exact) mass is 210 g/mol. The first-order valence-corrected chi connectivity index (χ1v) is 4.56. The second-order valence-electron chi connectivity index (χ2n) is 3.13. The lowest BCUT2D eigenvalue weighted by Crippen LogP contribution is -1.90. The van der Waals surface area contributed by atoms with E-state index in [0.717, 1.165) is 11.1 Å². The van der Waals surface area contributed by atoms with Gasteiger partial charge in [0.05, 0.1) is 0 Å². The number of carboxylic acid groups (broad SMARTS) is 1. The van der Waals surface area contributed by atoms with Gasteiger partial charge in [-0.05, 0) is 36.6 Å². The number of carbonyl (C=O) groups is 1. The maximum absolute atomic E-state index is 10.4. The molecule has 0 aliphatic rings. The first-order valence-electron chi connectivity index (χ1n) is 4.18. The third kappa shape index (κ3) is 2.60. The molecule has 0 saturated carbocycles. The second-order valence-corrected chi connectivity index (χ2v) is 3.54. The molecule has 0 aliphatic heterocycles. The van der Waals surface area contributed by atoms with Gasteiger partial charge in [-0.25, -0.2) is 4.79 Å². The van der Waals surface area contributed by atoms with Gasteiger partial charge in [0, 0.05) is 11.1 Å². The summed E-state index contributed by atoms with van der Waals surface area (Å²) in [4.78, 5) is 10.4. The molecule has 74 valence electrons. The molecule has 14 heavy (non-hydrogen) atoms. The maximum atomic E-state index is 10.4. The van der Waals surface area contributed by atoms with Gasteiger partial charge >= 0.3 is 5.97 Å². The van der Waals surface area contributed by atoms with Crippen LogP contribution in [0.5, 0.6) is 0 Å². The standard InChI is InChI=1S/C11H11ClO2/c1-7-3-4-9(6-10(7)12)8(2)5-11(13)14/h3-6H,1-2H3,(H,13,14)/b8-5-. The molecule has 0 radical (unpaired) electrons. The van der Waals surface area contributed by atoms with E-state index in [4.69, 9.17) is 16.7 Å². The van der Waals surface area contributed by atoms with Crippen LogP contribution in [-0.4, -0.2) is 11.1 Å². The Morgan fingerprint density at radius 1 is 1.50 bits per heavy atom. The maximum Gasteiger partial charge on any atom is 0.328 e. The lowest BCUT2D eigenvalue weighted by atomic mass is 10.1. The molecule has 0 atom stereocenters. The predicted molar refractivity (Wildman–Crippen MR) is 57.5 cm³/mol. The Kier molecular flexibility index (Phi) is 3.31. The van der Waals surface area contributed by atoms with Crippen LogP contribution in [0.15, 0.2) is 24.3 Å². The molecule has 0 amide bonds. The Morgan fingerprint density at radius 3 is 2.64 bits per heavy atom. The van der Waals surface area contributed by atoms with E-state index in [1.54, 1.807) is 13.0 Å². The Labute approximate surface area is 87.8 Å². The molecule has 2 nitrogen and oxygen atoms in total. The molecule has 0 aliphatic carbocycles. The summed E-state index contributed by atoms with van der Waals surface area (Å²) in [6.45, 7) is 3.65. The highest BCUT2D eigenvalue weighted by Gasteiger charge is 2.01. The van der Waals surface area contributed by atoms with Crippen LogP contribution in [0, 0.1) is 6.92 Å². The Bertz CT molecular complexity index is 394. The zero-order valence-corrected chi connectivity index (χ0v) is 8.80. The molecule has 1 aromatic rings. The third-order valence-electron chi connectivity index (χ3n) is 1.97. The van der Waals surface area contributed by atoms with Crippen molar-refractivity contribution in [2.45, 2.75) is 13.8 Å². The van der Waals surface area contributed by atoms with Crippen LogP contribution < -0.4 is 0 Å². The molecule has 1 N–H and O–H groups in total. The zero-order chi connectivity index (χ0) is 10.7. The van der Waals surface area contributed by atoms with E-state index in [1.807, 2.05) is 19.1 Å². The van der Waals surface area contributed by atoms with Gasteiger partial charge in [0.2, 0.25) is 0 Å². The lowest BCUT2D eigenvalue weighted by molar-refractivity contribution is -0.131. The summed E-state index contributed by atoms with van der Waals surface area (Å²) in [6, 6.07) is 5.50. The summed E-state index contributed by atoms with van der Waals surface area (Å²) in [5.74, 6) is -0.945. The molecule has 1 rings (SSSR count). The van der Waals surface area contributed by atoms with E-state index in [-0.39, 0.29) is 0 Å². The van der Waals surface area contributed by atoms with Gasteiger partial charge in [-0.2, -0.15) is 0 Å². The molecule has 0 bridgehead atoms. The number of aliphatic carboxylic acids is 1. The lowest BCUT2D eigenvalue weighted by Gasteiger charge is -2.03. The minimum absolute atomic E-state index is 0.653. The molecule has 0 heterocycles. The summed E-state index contributed by atoms with van der Waals surface area (Å²) in [7, 11) is 0. The summed E-state index contributed by atoms with van der Waals surface area (Å²) in [6.07, 6.45) is 1.17. The molecule has 0 fully saturated rings. The highest BCUT2D eigenvalue weighted by atomic mass is 35.5. The van der Waals surface area contributed by atoms with Gasteiger partial charge in [0.25, 0.3) is 0 Å². The van der Waals surface area contributed by atoms with Crippen molar-refractivity contribution in [3.05, 3.63) is 40.4 Å². The minimum Gasteiger partial charge on any atom is -0.478 e. The molecular weight excluding hydrogens is 200 g/mol. The van der Waals surface area contributed by atoms with E-state index in [0.29, 0.717) is 10.6 Å². The number of benzene rings is 1. The number of hydrogen-bond donors (Lipinski definition) is 1. The van der Waals surface area contributed by atoms with Crippen molar-refractivity contribution < 1.29 is 9.90 Å². The van der Waals surface area contributed by atoms with E-state index < -0.39 is 5.97 Å². The molecule has 3 heteroatoms. The summed E-state index contributed by atoms with van der Waals surface area (Å²) >= 11 is 5.92. The van der Waals surface area contributed by atoms with Crippen molar-refractivity contribution in [2.75, 3.05) is 0 Å². The normalized spacial score (nSPS) is 11.5. The topological polar surface area (TPSA) is 37.3 Å². The third-order valence-corrected chi connectivity index (χ3v) is 2.37. The van der Waals surface area contributed by atoms with Gasteiger partial charge in [0.15, 0.2) is 0 Å².